The first-order valence-electron chi connectivity index (χ1n) is 7.07. The van der Waals surface area contributed by atoms with E-state index < -0.39 is 0 Å². The monoisotopic (exact) mass is 248 g/mol. The zero-order valence-corrected chi connectivity index (χ0v) is 11.5. The molecule has 0 bridgehead atoms. The average Bonchev–Trinajstić information content (AvgIpc) is 2.59. The van der Waals surface area contributed by atoms with Crippen LogP contribution in [0.3, 0.4) is 0 Å². The predicted octanol–water partition coefficient (Wildman–Crippen LogP) is 3.11. The third-order valence-corrected chi connectivity index (χ3v) is 3.98. The van der Waals surface area contributed by atoms with Gasteiger partial charge in [-0.25, -0.2) is 0 Å². The van der Waals surface area contributed by atoms with E-state index in [0.29, 0.717) is 5.75 Å². The van der Waals surface area contributed by atoms with Gasteiger partial charge in [-0.05, 0) is 57.3 Å². The number of aryl methyl sites for hydroxylation is 1. The third-order valence-electron chi connectivity index (χ3n) is 3.98. The Morgan fingerprint density at radius 3 is 2.94 bits per heavy atom. The molecule has 0 saturated carbocycles. The van der Waals surface area contributed by atoms with Crippen molar-refractivity contribution in [3.05, 3.63) is 23.5 Å². The van der Waals surface area contributed by atoms with Crippen LogP contribution in [0.25, 0.3) is 0 Å². The Bertz CT molecular complexity index is 392. The van der Waals surface area contributed by atoms with Crippen LogP contribution in [-0.4, -0.2) is 28.1 Å². The maximum Gasteiger partial charge on any atom is 0.138 e. The molecule has 0 radical (unpaired) electrons. The first-order chi connectivity index (χ1) is 8.69. The van der Waals surface area contributed by atoms with Crippen LogP contribution in [0.1, 0.15) is 44.0 Å². The molecular formula is C15H24N2O. The fourth-order valence-corrected chi connectivity index (χ4v) is 2.72. The summed E-state index contributed by atoms with van der Waals surface area (Å²) in [5.41, 5.74) is 1.80. The average molecular weight is 248 g/mol. The second-order valence-electron chi connectivity index (χ2n) is 5.40. The summed E-state index contributed by atoms with van der Waals surface area (Å²) in [6.45, 7) is 7.30. The van der Waals surface area contributed by atoms with Crippen molar-refractivity contribution in [3.63, 3.8) is 0 Å². The quantitative estimate of drug-likeness (QED) is 0.893. The van der Waals surface area contributed by atoms with E-state index in [1.54, 1.807) is 6.07 Å². The molecule has 0 spiro atoms. The molecule has 3 heteroatoms. The molecule has 1 aromatic heterocycles. The van der Waals surface area contributed by atoms with E-state index in [2.05, 4.69) is 16.8 Å². The van der Waals surface area contributed by atoms with E-state index in [1.807, 2.05) is 13.0 Å². The van der Waals surface area contributed by atoms with Gasteiger partial charge in [0.1, 0.15) is 5.75 Å². The van der Waals surface area contributed by atoms with Gasteiger partial charge in [0.15, 0.2) is 0 Å². The molecule has 0 aliphatic carbocycles. The molecule has 0 aromatic carbocycles. The number of nitrogens with zero attached hydrogens (tertiary/aromatic N) is 2. The Kier molecular flexibility index (Phi) is 4.59. The van der Waals surface area contributed by atoms with Gasteiger partial charge >= 0.3 is 0 Å². The van der Waals surface area contributed by atoms with Crippen LogP contribution in [0.2, 0.25) is 0 Å². The molecule has 1 fully saturated rings. The van der Waals surface area contributed by atoms with E-state index in [0.717, 1.165) is 36.9 Å². The lowest BCUT2D eigenvalue weighted by Crippen LogP contribution is -2.25. The van der Waals surface area contributed by atoms with Crippen LogP contribution >= 0.6 is 0 Å². The predicted molar refractivity (Wildman–Crippen MR) is 73.5 cm³/mol. The van der Waals surface area contributed by atoms with Crippen molar-refractivity contribution < 1.29 is 5.11 Å². The number of hydrogen-bond donors (Lipinski definition) is 1. The summed E-state index contributed by atoms with van der Waals surface area (Å²) < 4.78 is 0. The van der Waals surface area contributed by atoms with E-state index in [4.69, 9.17) is 0 Å². The molecule has 1 unspecified atom stereocenters. The van der Waals surface area contributed by atoms with Crippen molar-refractivity contribution in [3.8, 4) is 5.75 Å². The summed E-state index contributed by atoms with van der Waals surface area (Å²) in [6, 6.07) is 3.61. The number of aromatic hydroxyl groups is 1. The lowest BCUT2D eigenvalue weighted by molar-refractivity contribution is 0.264. The fraction of sp³-hybridized carbons (Fsp3) is 0.667. The number of aromatic nitrogens is 1. The summed E-state index contributed by atoms with van der Waals surface area (Å²) in [5, 5.41) is 9.84. The zero-order chi connectivity index (χ0) is 13.0. The molecular weight excluding hydrogens is 224 g/mol. The summed E-state index contributed by atoms with van der Waals surface area (Å²) in [4.78, 5) is 6.87. The summed E-state index contributed by atoms with van der Waals surface area (Å²) in [5.74, 6) is 1.21. The van der Waals surface area contributed by atoms with Gasteiger partial charge in [-0.3, -0.25) is 9.88 Å². The number of likely N-dealkylation sites (tertiary alicyclic amines) is 1. The fourth-order valence-electron chi connectivity index (χ4n) is 2.72. The Morgan fingerprint density at radius 1 is 1.33 bits per heavy atom. The standard InChI is InChI=1S/C15H24N2O/c1-3-13-5-4-9-17(10-8-13)11-14-15(18)7-6-12(2)16-14/h6-7,13,18H,3-5,8-11H2,1-2H3. The van der Waals surface area contributed by atoms with Crippen molar-refractivity contribution >= 4 is 0 Å². The Labute approximate surface area is 110 Å². The number of pyridine rings is 1. The van der Waals surface area contributed by atoms with Gasteiger partial charge in [-0.1, -0.05) is 13.3 Å². The van der Waals surface area contributed by atoms with Crippen molar-refractivity contribution in [1.82, 2.24) is 9.88 Å². The van der Waals surface area contributed by atoms with E-state index in [9.17, 15) is 5.11 Å². The summed E-state index contributed by atoms with van der Waals surface area (Å²) in [7, 11) is 0. The largest absolute Gasteiger partial charge is 0.506 e. The lowest BCUT2D eigenvalue weighted by atomic mass is 9.98. The topological polar surface area (TPSA) is 36.4 Å². The van der Waals surface area contributed by atoms with Crippen molar-refractivity contribution in [1.29, 1.82) is 0 Å². The zero-order valence-electron chi connectivity index (χ0n) is 11.5. The van der Waals surface area contributed by atoms with Crippen molar-refractivity contribution in [2.24, 2.45) is 5.92 Å². The minimum atomic E-state index is 0.330. The van der Waals surface area contributed by atoms with Gasteiger partial charge in [0, 0.05) is 12.2 Å². The molecule has 3 nitrogen and oxygen atoms in total. The highest BCUT2D eigenvalue weighted by atomic mass is 16.3. The molecule has 2 rings (SSSR count). The minimum Gasteiger partial charge on any atom is -0.506 e. The van der Waals surface area contributed by atoms with Crippen molar-refractivity contribution in [2.45, 2.75) is 46.1 Å². The molecule has 2 heterocycles. The maximum absolute atomic E-state index is 9.84. The smallest absolute Gasteiger partial charge is 0.138 e. The molecule has 18 heavy (non-hydrogen) atoms. The second kappa shape index (κ2) is 6.19. The summed E-state index contributed by atoms with van der Waals surface area (Å²) >= 11 is 0. The van der Waals surface area contributed by atoms with E-state index >= 15 is 0 Å². The molecule has 100 valence electrons. The highest BCUT2D eigenvalue weighted by Gasteiger charge is 2.17. The Hall–Kier alpha value is -1.09. The van der Waals surface area contributed by atoms with E-state index in [1.165, 1.54) is 25.7 Å². The second-order valence-corrected chi connectivity index (χ2v) is 5.40. The molecule has 1 aromatic rings. The van der Waals surface area contributed by atoms with Crippen LogP contribution in [0.15, 0.2) is 12.1 Å². The molecule has 1 atom stereocenters. The molecule has 1 N–H and O–H groups in total. The molecule has 0 amide bonds. The third kappa shape index (κ3) is 3.45. The highest BCUT2D eigenvalue weighted by molar-refractivity contribution is 5.27. The van der Waals surface area contributed by atoms with Crippen LogP contribution in [0.5, 0.6) is 5.75 Å². The van der Waals surface area contributed by atoms with E-state index in [-0.39, 0.29) is 0 Å². The first kappa shape index (κ1) is 13.3. The normalized spacial score (nSPS) is 21.8. The first-order valence-corrected chi connectivity index (χ1v) is 7.07. The van der Waals surface area contributed by atoms with Crippen molar-refractivity contribution in [2.75, 3.05) is 13.1 Å². The lowest BCUT2D eigenvalue weighted by Gasteiger charge is -2.20. The SMILES string of the molecule is CCC1CCCN(Cc2nc(C)ccc2O)CC1. The Morgan fingerprint density at radius 2 is 2.17 bits per heavy atom. The van der Waals surface area contributed by atoms with Crippen LogP contribution in [-0.2, 0) is 6.54 Å². The van der Waals surface area contributed by atoms with Gasteiger partial charge in [0.05, 0.1) is 5.69 Å². The van der Waals surface area contributed by atoms with Crippen LogP contribution in [0, 0.1) is 12.8 Å². The molecule has 1 aliphatic rings. The van der Waals surface area contributed by atoms with Crippen LogP contribution < -0.4 is 0 Å². The minimum absolute atomic E-state index is 0.330. The number of rotatable bonds is 3. The van der Waals surface area contributed by atoms with Gasteiger partial charge < -0.3 is 5.11 Å². The van der Waals surface area contributed by atoms with Gasteiger partial charge in [0.2, 0.25) is 0 Å². The molecule has 1 saturated heterocycles. The maximum atomic E-state index is 9.84. The summed E-state index contributed by atoms with van der Waals surface area (Å²) in [6.07, 6.45) is 5.19. The Balaban J connectivity index is 1.98. The van der Waals surface area contributed by atoms with Gasteiger partial charge in [-0.2, -0.15) is 0 Å². The number of hydrogen-bond acceptors (Lipinski definition) is 3. The van der Waals surface area contributed by atoms with Gasteiger partial charge in [-0.15, -0.1) is 0 Å². The van der Waals surface area contributed by atoms with Gasteiger partial charge in [0.25, 0.3) is 0 Å². The molecule has 1 aliphatic heterocycles. The highest BCUT2D eigenvalue weighted by Crippen LogP contribution is 2.23. The van der Waals surface area contributed by atoms with Crippen LogP contribution in [0.4, 0.5) is 0 Å².